The van der Waals surface area contributed by atoms with Gasteiger partial charge in [0, 0.05) is 18.4 Å². The lowest BCUT2D eigenvalue weighted by molar-refractivity contribution is -0.421. The molecule has 104 valence electrons. The van der Waals surface area contributed by atoms with Gasteiger partial charge < -0.3 is 4.74 Å². The van der Waals surface area contributed by atoms with Crippen molar-refractivity contribution in [1.29, 1.82) is 0 Å². The fourth-order valence-corrected chi connectivity index (χ4v) is 2.56. The van der Waals surface area contributed by atoms with Crippen LogP contribution in [0.4, 0.5) is 13.2 Å². The maximum Gasteiger partial charge on any atom is 0.451 e. The van der Waals surface area contributed by atoms with Crippen molar-refractivity contribution in [1.82, 2.24) is 0 Å². The van der Waals surface area contributed by atoms with E-state index in [1.165, 1.54) is 24.3 Å². The van der Waals surface area contributed by atoms with Crippen molar-refractivity contribution < 1.29 is 27.7 Å². The molecule has 6 heteroatoms. The third kappa shape index (κ3) is 1.94. The monoisotopic (exact) mass is 274 g/mol. The van der Waals surface area contributed by atoms with E-state index in [4.69, 9.17) is 9.62 Å². The van der Waals surface area contributed by atoms with Crippen LogP contribution in [-0.4, -0.2) is 12.0 Å². The number of hydrogen-bond acceptors (Lipinski definition) is 3. The highest BCUT2D eigenvalue weighted by Gasteiger charge is 2.69. The van der Waals surface area contributed by atoms with Gasteiger partial charge in [0.15, 0.2) is 0 Å². The van der Waals surface area contributed by atoms with Crippen LogP contribution in [0.2, 0.25) is 0 Å². The molecule has 1 spiro atoms. The maximum atomic E-state index is 13.4. The molecule has 2 aliphatic rings. The molecule has 3 nitrogen and oxygen atoms in total. The molecule has 1 atom stereocenters. The Balaban J connectivity index is 2.01. The quantitative estimate of drug-likeness (QED) is 0.732. The van der Waals surface area contributed by atoms with E-state index < -0.39 is 17.8 Å². The SMILES string of the molecule is FC(F)(F)C1(c2ccccc2)OOC2(CCCC2)O1. The molecule has 1 saturated heterocycles. The van der Waals surface area contributed by atoms with Gasteiger partial charge in [0.25, 0.3) is 0 Å². The second-order valence-corrected chi connectivity index (χ2v) is 4.87. The minimum atomic E-state index is -4.71. The molecule has 1 aliphatic heterocycles. The van der Waals surface area contributed by atoms with Gasteiger partial charge in [-0.15, -0.1) is 0 Å². The molecule has 1 unspecified atom stereocenters. The van der Waals surface area contributed by atoms with Gasteiger partial charge in [-0.1, -0.05) is 30.3 Å². The van der Waals surface area contributed by atoms with Crippen molar-refractivity contribution in [3.8, 4) is 0 Å². The lowest BCUT2D eigenvalue weighted by Gasteiger charge is -2.29. The molecule has 0 aromatic heterocycles. The normalized spacial score (nSPS) is 30.1. The predicted molar refractivity (Wildman–Crippen MR) is 58.6 cm³/mol. The van der Waals surface area contributed by atoms with Crippen molar-refractivity contribution in [2.75, 3.05) is 0 Å². The van der Waals surface area contributed by atoms with Gasteiger partial charge in [0.1, 0.15) is 0 Å². The topological polar surface area (TPSA) is 27.7 Å². The molecule has 1 saturated carbocycles. The van der Waals surface area contributed by atoms with E-state index in [0.29, 0.717) is 12.8 Å². The third-order valence-electron chi connectivity index (χ3n) is 3.53. The van der Waals surface area contributed by atoms with Gasteiger partial charge in [0.05, 0.1) is 0 Å². The van der Waals surface area contributed by atoms with Crippen LogP contribution >= 0.6 is 0 Å². The molecule has 3 rings (SSSR count). The molecule has 0 N–H and O–H groups in total. The van der Waals surface area contributed by atoms with Gasteiger partial charge in [0.2, 0.25) is 5.79 Å². The summed E-state index contributed by atoms with van der Waals surface area (Å²) < 4.78 is 45.5. The van der Waals surface area contributed by atoms with Crippen LogP contribution in [0, 0.1) is 0 Å². The second kappa shape index (κ2) is 4.19. The van der Waals surface area contributed by atoms with Gasteiger partial charge in [-0.25, -0.2) is 0 Å². The summed E-state index contributed by atoms with van der Waals surface area (Å²) in [6.45, 7) is 0. The Morgan fingerprint density at radius 3 is 2.16 bits per heavy atom. The van der Waals surface area contributed by atoms with Crippen LogP contribution in [0.5, 0.6) is 0 Å². The molecule has 0 amide bonds. The Labute approximate surface area is 108 Å². The number of ether oxygens (including phenoxy) is 1. The molecule has 0 bridgehead atoms. The van der Waals surface area contributed by atoms with E-state index in [9.17, 15) is 13.2 Å². The summed E-state index contributed by atoms with van der Waals surface area (Å²) in [5, 5.41) is 0. The molecule has 1 aromatic rings. The number of benzene rings is 1. The molecule has 2 fully saturated rings. The first kappa shape index (κ1) is 12.9. The van der Waals surface area contributed by atoms with Crippen molar-refractivity contribution >= 4 is 0 Å². The molecule has 1 aromatic carbocycles. The summed E-state index contributed by atoms with van der Waals surface area (Å²) in [6.07, 6.45) is -2.34. The average Bonchev–Trinajstić information content (AvgIpc) is 2.99. The lowest BCUT2D eigenvalue weighted by Crippen LogP contribution is -2.45. The summed E-state index contributed by atoms with van der Waals surface area (Å²) in [6, 6.07) is 7.30. The minimum Gasteiger partial charge on any atom is -0.301 e. The van der Waals surface area contributed by atoms with E-state index in [2.05, 4.69) is 4.89 Å². The molecular formula is C13H13F3O3. The Bertz CT molecular complexity index is 454. The average molecular weight is 274 g/mol. The largest absolute Gasteiger partial charge is 0.451 e. The van der Waals surface area contributed by atoms with Gasteiger partial charge >= 0.3 is 12.0 Å². The van der Waals surface area contributed by atoms with E-state index in [-0.39, 0.29) is 5.56 Å². The Morgan fingerprint density at radius 2 is 1.58 bits per heavy atom. The minimum absolute atomic E-state index is 0.105. The third-order valence-corrected chi connectivity index (χ3v) is 3.53. The molecule has 0 radical (unpaired) electrons. The van der Waals surface area contributed by atoms with Crippen molar-refractivity contribution in [2.45, 2.75) is 43.4 Å². The maximum absolute atomic E-state index is 13.4. The highest BCUT2D eigenvalue weighted by Crippen LogP contribution is 2.54. The Kier molecular flexibility index (Phi) is 2.85. The Morgan fingerprint density at radius 1 is 0.947 bits per heavy atom. The highest BCUT2D eigenvalue weighted by atomic mass is 19.4. The summed E-state index contributed by atoms with van der Waals surface area (Å²) >= 11 is 0. The van der Waals surface area contributed by atoms with Gasteiger partial charge in [-0.3, -0.25) is 0 Å². The van der Waals surface area contributed by atoms with Gasteiger partial charge in [-0.05, 0) is 12.8 Å². The fourth-order valence-electron chi connectivity index (χ4n) is 2.56. The number of alkyl halides is 3. The molecular weight excluding hydrogens is 261 g/mol. The van der Waals surface area contributed by atoms with Crippen molar-refractivity contribution in [2.24, 2.45) is 0 Å². The van der Waals surface area contributed by atoms with Gasteiger partial charge in [-0.2, -0.15) is 22.9 Å². The van der Waals surface area contributed by atoms with E-state index in [1.807, 2.05) is 0 Å². The zero-order valence-corrected chi connectivity index (χ0v) is 10.1. The summed E-state index contributed by atoms with van der Waals surface area (Å²) in [5.41, 5.74) is -0.105. The van der Waals surface area contributed by atoms with Crippen LogP contribution in [0.1, 0.15) is 31.2 Å². The number of hydrogen-bond donors (Lipinski definition) is 0. The summed E-state index contributed by atoms with van der Waals surface area (Å²) in [7, 11) is 0. The van der Waals surface area contributed by atoms with Crippen LogP contribution in [0.25, 0.3) is 0 Å². The number of halogens is 3. The van der Waals surface area contributed by atoms with Crippen LogP contribution < -0.4 is 0 Å². The summed E-state index contributed by atoms with van der Waals surface area (Å²) in [5.74, 6) is -4.08. The molecule has 1 heterocycles. The van der Waals surface area contributed by atoms with E-state index in [1.54, 1.807) is 6.07 Å². The fraction of sp³-hybridized carbons (Fsp3) is 0.538. The molecule has 19 heavy (non-hydrogen) atoms. The van der Waals surface area contributed by atoms with Crippen LogP contribution in [-0.2, 0) is 20.3 Å². The summed E-state index contributed by atoms with van der Waals surface area (Å²) in [4.78, 5) is 9.64. The van der Waals surface area contributed by atoms with Crippen molar-refractivity contribution in [3.05, 3.63) is 35.9 Å². The highest BCUT2D eigenvalue weighted by molar-refractivity contribution is 5.22. The standard InChI is InChI=1S/C13H13F3O3/c14-13(15,16)12(10-6-2-1-3-7-10)17-11(18-19-12)8-4-5-9-11/h1-3,6-7H,4-5,8-9H2. The predicted octanol–water partition coefficient (Wildman–Crippen LogP) is 3.65. The van der Waals surface area contributed by atoms with E-state index in [0.717, 1.165) is 12.8 Å². The first-order valence-electron chi connectivity index (χ1n) is 6.17. The smallest absolute Gasteiger partial charge is 0.301 e. The zero-order chi connectivity index (χ0) is 13.6. The molecule has 1 aliphatic carbocycles. The van der Waals surface area contributed by atoms with E-state index >= 15 is 0 Å². The van der Waals surface area contributed by atoms with Crippen molar-refractivity contribution in [3.63, 3.8) is 0 Å². The Hall–Kier alpha value is -1.11. The number of rotatable bonds is 1. The van der Waals surface area contributed by atoms with Crippen LogP contribution in [0.3, 0.4) is 0 Å². The first-order chi connectivity index (χ1) is 8.98. The van der Waals surface area contributed by atoms with Crippen LogP contribution in [0.15, 0.2) is 30.3 Å². The lowest BCUT2D eigenvalue weighted by atomic mass is 10.0. The second-order valence-electron chi connectivity index (χ2n) is 4.87. The first-order valence-corrected chi connectivity index (χ1v) is 6.17. The zero-order valence-electron chi connectivity index (χ0n) is 10.1.